The van der Waals surface area contributed by atoms with Crippen LogP contribution in [0.2, 0.25) is 0 Å². The minimum absolute atomic E-state index is 0.0506. The van der Waals surface area contributed by atoms with E-state index in [2.05, 4.69) is 15.7 Å². The lowest BCUT2D eigenvalue weighted by Crippen LogP contribution is -2.37. The van der Waals surface area contributed by atoms with E-state index in [1.807, 2.05) is 25.1 Å². The summed E-state index contributed by atoms with van der Waals surface area (Å²) < 4.78 is 27.8. The Balaban J connectivity index is 1.53. The van der Waals surface area contributed by atoms with Gasteiger partial charge in [-0.1, -0.05) is 12.1 Å². The molecule has 0 bridgehead atoms. The number of carbonyl (C=O) groups excluding carboxylic acids is 1. The first-order chi connectivity index (χ1) is 14.8. The zero-order valence-corrected chi connectivity index (χ0v) is 18.8. The van der Waals surface area contributed by atoms with Crippen molar-refractivity contribution in [3.63, 3.8) is 0 Å². The fourth-order valence-corrected chi connectivity index (χ4v) is 5.06. The van der Waals surface area contributed by atoms with Crippen LogP contribution >= 0.6 is 0 Å². The van der Waals surface area contributed by atoms with Gasteiger partial charge in [-0.3, -0.25) is 4.79 Å². The van der Waals surface area contributed by atoms with E-state index in [0.29, 0.717) is 30.8 Å². The molecule has 7 nitrogen and oxygen atoms in total. The normalized spacial score (nSPS) is 14.7. The van der Waals surface area contributed by atoms with Gasteiger partial charge in [-0.15, -0.1) is 0 Å². The Morgan fingerprint density at radius 1 is 1.06 bits per heavy atom. The molecule has 0 saturated carbocycles. The molecular formula is C23H28N4O3S. The van der Waals surface area contributed by atoms with E-state index in [9.17, 15) is 13.2 Å². The SMILES string of the molecule is Cc1ccc(C)c(S(=O)(=O)NCCC(=O)N2CCCN(c3ccc(C#N)cc3)CC2)c1. The summed E-state index contributed by atoms with van der Waals surface area (Å²) in [7, 11) is -3.65. The fourth-order valence-electron chi connectivity index (χ4n) is 3.70. The van der Waals surface area contributed by atoms with Crippen molar-refractivity contribution < 1.29 is 13.2 Å². The first-order valence-electron chi connectivity index (χ1n) is 10.4. The van der Waals surface area contributed by atoms with E-state index in [1.165, 1.54) is 0 Å². The maximum Gasteiger partial charge on any atom is 0.240 e. The van der Waals surface area contributed by atoms with Crippen molar-refractivity contribution in [1.29, 1.82) is 5.26 Å². The van der Waals surface area contributed by atoms with Gasteiger partial charge in [-0.25, -0.2) is 13.1 Å². The van der Waals surface area contributed by atoms with E-state index < -0.39 is 10.0 Å². The Bertz CT molecular complexity index is 1070. The third-order valence-corrected chi connectivity index (χ3v) is 7.08. The second kappa shape index (κ2) is 9.94. The topological polar surface area (TPSA) is 93.5 Å². The number of nitrogens with one attached hydrogen (secondary N) is 1. The molecular weight excluding hydrogens is 412 g/mol. The summed E-state index contributed by atoms with van der Waals surface area (Å²) in [5, 5.41) is 8.94. The molecule has 31 heavy (non-hydrogen) atoms. The molecule has 1 saturated heterocycles. The van der Waals surface area contributed by atoms with Crippen LogP contribution in [-0.4, -0.2) is 51.9 Å². The molecule has 0 unspecified atom stereocenters. The van der Waals surface area contributed by atoms with Gasteiger partial charge in [0.1, 0.15) is 0 Å². The third-order valence-electron chi connectivity index (χ3n) is 5.47. The van der Waals surface area contributed by atoms with Crippen molar-refractivity contribution >= 4 is 21.6 Å². The van der Waals surface area contributed by atoms with Gasteiger partial charge in [0.15, 0.2) is 0 Å². The Hall–Kier alpha value is -2.89. The average molecular weight is 441 g/mol. The van der Waals surface area contributed by atoms with E-state index in [4.69, 9.17) is 5.26 Å². The van der Waals surface area contributed by atoms with Crippen molar-refractivity contribution in [3.05, 3.63) is 59.2 Å². The number of hydrogen-bond donors (Lipinski definition) is 1. The van der Waals surface area contributed by atoms with Crippen LogP contribution in [0.3, 0.4) is 0 Å². The average Bonchev–Trinajstić information content (AvgIpc) is 3.01. The quantitative estimate of drug-likeness (QED) is 0.745. The lowest BCUT2D eigenvalue weighted by atomic mass is 10.2. The highest BCUT2D eigenvalue weighted by molar-refractivity contribution is 7.89. The number of nitrogens with zero attached hydrogens (tertiary/aromatic N) is 3. The maximum absolute atomic E-state index is 12.7. The number of hydrogen-bond acceptors (Lipinski definition) is 5. The number of nitriles is 1. The highest BCUT2D eigenvalue weighted by Crippen LogP contribution is 2.18. The Morgan fingerprint density at radius 2 is 1.81 bits per heavy atom. The molecule has 1 amide bonds. The first-order valence-corrected chi connectivity index (χ1v) is 11.9. The molecule has 0 atom stereocenters. The Morgan fingerprint density at radius 3 is 2.52 bits per heavy atom. The van der Waals surface area contributed by atoms with Crippen LogP contribution in [0.4, 0.5) is 5.69 Å². The molecule has 1 heterocycles. The monoisotopic (exact) mass is 440 g/mol. The van der Waals surface area contributed by atoms with E-state index >= 15 is 0 Å². The predicted octanol–water partition coefficient (Wildman–Crippen LogP) is 2.58. The Labute approximate surface area is 184 Å². The van der Waals surface area contributed by atoms with Gasteiger partial charge in [-0.05, 0) is 61.7 Å². The lowest BCUT2D eigenvalue weighted by molar-refractivity contribution is -0.130. The van der Waals surface area contributed by atoms with Crippen molar-refractivity contribution in [2.45, 2.75) is 31.6 Å². The van der Waals surface area contributed by atoms with E-state index in [0.717, 1.165) is 24.2 Å². The van der Waals surface area contributed by atoms with Gasteiger partial charge in [0, 0.05) is 44.8 Å². The Kier molecular flexibility index (Phi) is 7.31. The largest absolute Gasteiger partial charge is 0.370 e. The van der Waals surface area contributed by atoms with Gasteiger partial charge in [0.2, 0.25) is 15.9 Å². The smallest absolute Gasteiger partial charge is 0.240 e. The zero-order valence-electron chi connectivity index (χ0n) is 18.0. The van der Waals surface area contributed by atoms with Gasteiger partial charge in [-0.2, -0.15) is 5.26 Å². The highest BCUT2D eigenvalue weighted by atomic mass is 32.2. The molecule has 2 aromatic carbocycles. The van der Waals surface area contributed by atoms with Crippen LogP contribution < -0.4 is 9.62 Å². The van der Waals surface area contributed by atoms with Gasteiger partial charge < -0.3 is 9.80 Å². The lowest BCUT2D eigenvalue weighted by Gasteiger charge is -2.24. The van der Waals surface area contributed by atoms with Crippen molar-refractivity contribution in [2.24, 2.45) is 0 Å². The molecule has 1 aliphatic rings. The van der Waals surface area contributed by atoms with Crippen molar-refractivity contribution in [3.8, 4) is 6.07 Å². The summed E-state index contributed by atoms with van der Waals surface area (Å²) in [5.74, 6) is -0.0506. The summed E-state index contributed by atoms with van der Waals surface area (Å²) in [6.45, 7) is 6.45. The molecule has 1 N–H and O–H groups in total. The van der Waals surface area contributed by atoms with Crippen molar-refractivity contribution in [1.82, 2.24) is 9.62 Å². The standard InChI is InChI=1S/C23H28N4O3S/c1-18-4-5-19(2)22(16-18)31(29,30)25-11-10-23(28)27-13-3-12-26(14-15-27)21-8-6-20(17-24)7-9-21/h4-9,16,25H,3,10-15H2,1-2H3. The van der Waals surface area contributed by atoms with Gasteiger partial charge in [0.25, 0.3) is 0 Å². The van der Waals surface area contributed by atoms with Crippen molar-refractivity contribution in [2.75, 3.05) is 37.6 Å². The zero-order chi connectivity index (χ0) is 22.4. The minimum atomic E-state index is -3.65. The van der Waals surface area contributed by atoms with Gasteiger partial charge >= 0.3 is 0 Å². The van der Waals surface area contributed by atoms with Crippen LogP contribution in [0.5, 0.6) is 0 Å². The molecule has 164 valence electrons. The molecule has 0 aromatic heterocycles. The van der Waals surface area contributed by atoms with Crippen LogP contribution in [0, 0.1) is 25.2 Å². The van der Waals surface area contributed by atoms with Gasteiger partial charge in [0.05, 0.1) is 16.5 Å². The summed E-state index contributed by atoms with van der Waals surface area (Å²) in [6.07, 6.45) is 0.959. The van der Waals surface area contributed by atoms with Crippen LogP contribution in [0.15, 0.2) is 47.4 Å². The van der Waals surface area contributed by atoms with E-state index in [1.54, 1.807) is 36.1 Å². The summed E-state index contributed by atoms with van der Waals surface area (Å²) >= 11 is 0. The van der Waals surface area contributed by atoms with Crippen LogP contribution in [0.25, 0.3) is 0 Å². The first kappa shape index (κ1) is 22.8. The van der Waals surface area contributed by atoms with Crippen LogP contribution in [0.1, 0.15) is 29.5 Å². The number of carbonyl (C=O) groups is 1. The van der Waals surface area contributed by atoms with E-state index in [-0.39, 0.29) is 23.8 Å². The maximum atomic E-state index is 12.7. The molecule has 0 spiro atoms. The number of rotatable bonds is 6. The predicted molar refractivity (Wildman–Crippen MR) is 120 cm³/mol. The minimum Gasteiger partial charge on any atom is -0.370 e. The molecule has 3 rings (SSSR count). The number of sulfonamides is 1. The summed E-state index contributed by atoms with van der Waals surface area (Å²) in [4.78, 5) is 16.9. The molecule has 1 aliphatic heterocycles. The second-order valence-electron chi connectivity index (χ2n) is 7.80. The molecule has 0 radical (unpaired) electrons. The number of amides is 1. The van der Waals surface area contributed by atoms with Crippen LogP contribution in [-0.2, 0) is 14.8 Å². The number of benzene rings is 2. The molecule has 1 fully saturated rings. The summed E-state index contributed by atoms with van der Waals surface area (Å²) in [6, 6.07) is 14.9. The molecule has 2 aromatic rings. The summed E-state index contributed by atoms with van der Waals surface area (Å²) in [5.41, 5.74) is 3.21. The number of anilines is 1. The second-order valence-corrected chi connectivity index (χ2v) is 9.53. The molecule has 8 heteroatoms. The molecule has 0 aliphatic carbocycles. The number of aryl methyl sites for hydroxylation is 2. The third kappa shape index (κ3) is 5.84. The fraction of sp³-hybridized carbons (Fsp3) is 0.391. The highest BCUT2D eigenvalue weighted by Gasteiger charge is 2.21.